The van der Waals surface area contributed by atoms with E-state index in [2.05, 4.69) is 31.0 Å². The topological polar surface area (TPSA) is 55.1 Å². The number of aromatic carboxylic acids is 1. The summed E-state index contributed by atoms with van der Waals surface area (Å²) in [6.07, 6.45) is 3.35. The first-order valence-electron chi connectivity index (χ1n) is 6.79. The van der Waals surface area contributed by atoms with E-state index < -0.39 is 5.97 Å². The van der Waals surface area contributed by atoms with Crippen molar-refractivity contribution in [1.29, 1.82) is 0 Å². The van der Waals surface area contributed by atoms with Crippen LogP contribution in [0.15, 0.2) is 42.7 Å². The number of carbonyl (C=O) groups is 1. The average molecular weight is 280 g/mol. The van der Waals surface area contributed by atoms with Crippen molar-refractivity contribution in [2.24, 2.45) is 0 Å². The van der Waals surface area contributed by atoms with Gasteiger partial charge in [-0.3, -0.25) is 4.98 Å². The van der Waals surface area contributed by atoms with Crippen molar-refractivity contribution in [1.82, 2.24) is 9.55 Å². The minimum atomic E-state index is -0.954. The highest BCUT2D eigenvalue weighted by Gasteiger charge is 2.10. The Morgan fingerprint density at radius 2 is 1.95 bits per heavy atom. The minimum Gasteiger partial charge on any atom is -0.478 e. The van der Waals surface area contributed by atoms with E-state index in [1.54, 1.807) is 6.07 Å². The van der Waals surface area contributed by atoms with Crippen molar-refractivity contribution in [2.75, 3.05) is 0 Å². The second-order valence-corrected chi connectivity index (χ2v) is 5.25. The molecule has 0 amide bonds. The molecule has 0 atom stereocenters. The lowest BCUT2D eigenvalue weighted by Gasteiger charge is -2.12. The van der Waals surface area contributed by atoms with Gasteiger partial charge in [-0.2, -0.15) is 0 Å². The summed E-state index contributed by atoms with van der Waals surface area (Å²) in [7, 11) is 0. The molecule has 4 nitrogen and oxygen atoms in total. The third-order valence-electron chi connectivity index (χ3n) is 3.84. The summed E-state index contributed by atoms with van der Waals surface area (Å²) in [5, 5.41) is 9.10. The third-order valence-corrected chi connectivity index (χ3v) is 3.84. The monoisotopic (exact) mass is 280 g/mol. The van der Waals surface area contributed by atoms with E-state index in [0.29, 0.717) is 6.54 Å². The van der Waals surface area contributed by atoms with E-state index in [4.69, 9.17) is 5.11 Å². The van der Waals surface area contributed by atoms with Gasteiger partial charge >= 0.3 is 5.97 Å². The van der Waals surface area contributed by atoms with E-state index in [0.717, 1.165) is 11.0 Å². The van der Waals surface area contributed by atoms with E-state index in [9.17, 15) is 4.79 Å². The van der Waals surface area contributed by atoms with Crippen LogP contribution in [0.4, 0.5) is 0 Å². The number of benzene rings is 1. The average Bonchev–Trinajstić information content (AvgIpc) is 2.85. The largest absolute Gasteiger partial charge is 0.478 e. The van der Waals surface area contributed by atoms with Crippen LogP contribution in [0.3, 0.4) is 0 Å². The molecule has 0 saturated carbocycles. The highest BCUT2D eigenvalue weighted by molar-refractivity contribution is 5.91. The Hall–Kier alpha value is -2.62. The lowest BCUT2D eigenvalue weighted by Crippen LogP contribution is -2.04. The van der Waals surface area contributed by atoms with Crippen molar-refractivity contribution in [3.05, 3.63) is 65.0 Å². The lowest BCUT2D eigenvalue weighted by atomic mass is 10.0. The Bertz CT molecular complexity index is 814. The molecule has 0 saturated heterocycles. The van der Waals surface area contributed by atoms with Gasteiger partial charge in [0.25, 0.3) is 0 Å². The molecule has 0 aliphatic carbocycles. The summed E-state index contributed by atoms with van der Waals surface area (Å²) in [6.45, 7) is 4.90. The summed E-state index contributed by atoms with van der Waals surface area (Å²) in [5.74, 6) is -0.954. The summed E-state index contributed by atoms with van der Waals surface area (Å²) < 4.78 is 2.05. The van der Waals surface area contributed by atoms with Crippen molar-refractivity contribution < 1.29 is 9.90 Å². The number of pyridine rings is 1. The molecule has 2 aromatic heterocycles. The number of rotatable bonds is 3. The summed E-state index contributed by atoms with van der Waals surface area (Å²) >= 11 is 0. The van der Waals surface area contributed by atoms with Gasteiger partial charge in [0, 0.05) is 18.9 Å². The molecule has 3 rings (SSSR count). The molecule has 0 unspecified atom stereocenters. The molecule has 4 heteroatoms. The second-order valence-electron chi connectivity index (χ2n) is 5.25. The highest BCUT2D eigenvalue weighted by atomic mass is 16.4. The molecule has 0 radical (unpaired) electrons. The molecule has 0 spiro atoms. The Kier molecular flexibility index (Phi) is 3.22. The fourth-order valence-electron chi connectivity index (χ4n) is 2.59. The van der Waals surface area contributed by atoms with Gasteiger partial charge in [0.05, 0.1) is 16.6 Å². The van der Waals surface area contributed by atoms with Crippen molar-refractivity contribution in [2.45, 2.75) is 20.4 Å². The van der Waals surface area contributed by atoms with Crippen LogP contribution in [0.2, 0.25) is 0 Å². The van der Waals surface area contributed by atoms with Crippen molar-refractivity contribution in [3.8, 4) is 0 Å². The zero-order valence-electron chi connectivity index (χ0n) is 12.0. The maximum Gasteiger partial charge on any atom is 0.337 e. The standard InChI is InChI=1S/C17H16N2O2/c1-11-4-3-5-12(2)14(11)10-19-7-6-15-16(19)8-13(9-18-15)17(20)21/h3-9H,10H2,1-2H3,(H,20,21). The summed E-state index contributed by atoms with van der Waals surface area (Å²) in [6, 6.07) is 9.82. The maximum atomic E-state index is 11.1. The van der Waals surface area contributed by atoms with Crippen LogP contribution in [-0.4, -0.2) is 20.6 Å². The molecule has 0 fully saturated rings. The Balaban J connectivity index is 2.08. The number of aryl methyl sites for hydroxylation is 2. The third kappa shape index (κ3) is 2.40. The smallest absolute Gasteiger partial charge is 0.337 e. The van der Waals surface area contributed by atoms with E-state index in [1.807, 2.05) is 22.9 Å². The fraction of sp³-hybridized carbons (Fsp3) is 0.176. The van der Waals surface area contributed by atoms with Gasteiger partial charge < -0.3 is 9.67 Å². The lowest BCUT2D eigenvalue weighted by molar-refractivity contribution is 0.0696. The maximum absolute atomic E-state index is 11.1. The molecule has 2 heterocycles. The molecular formula is C17H16N2O2. The molecule has 0 bridgehead atoms. The van der Waals surface area contributed by atoms with Crippen LogP contribution in [0.25, 0.3) is 11.0 Å². The Morgan fingerprint density at radius 3 is 2.62 bits per heavy atom. The first-order valence-corrected chi connectivity index (χ1v) is 6.79. The molecular weight excluding hydrogens is 264 g/mol. The number of carboxylic acid groups (broad SMARTS) is 1. The van der Waals surface area contributed by atoms with Crippen LogP contribution in [-0.2, 0) is 6.54 Å². The van der Waals surface area contributed by atoms with Gasteiger partial charge in [-0.25, -0.2) is 4.79 Å². The summed E-state index contributed by atoms with van der Waals surface area (Å²) in [5.41, 5.74) is 5.60. The molecule has 1 N–H and O–H groups in total. The first-order chi connectivity index (χ1) is 10.1. The van der Waals surface area contributed by atoms with Gasteiger partial charge in [0.1, 0.15) is 0 Å². The number of hydrogen-bond acceptors (Lipinski definition) is 2. The van der Waals surface area contributed by atoms with Gasteiger partial charge in [-0.1, -0.05) is 18.2 Å². The van der Waals surface area contributed by atoms with E-state index >= 15 is 0 Å². The quantitative estimate of drug-likeness (QED) is 0.800. The Labute approximate surface area is 122 Å². The van der Waals surface area contributed by atoms with Crippen LogP contribution in [0.5, 0.6) is 0 Å². The predicted octanol–water partition coefficient (Wildman–Crippen LogP) is 3.40. The van der Waals surface area contributed by atoms with Gasteiger partial charge in [-0.05, 0) is 42.7 Å². The summed E-state index contributed by atoms with van der Waals surface area (Å²) in [4.78, 5) is 15.3. The fourth-order valence-corrected chi connectivity index (χ4v) is 2.59. The molecule has 106 valence electrons. The minimum absolute atomic E-state index is 0.212. The molecule has 0 aliphatic rings. The van der Waals surface area contributed by atoms with Gasteiger partial charge in [0.15, 0.2) is 0 Å². The van der Waals surface area contributed by atoms with Crippen LogP contribution < -0.4 is 0 Å². The van der Waals surface area contributed by atoms with Crippen LogP contribution >= 0.6 is 0 Å². The Morgan fingerprint density at radius 1 is 1.24 bits per heavy atom. The van der Waals surface area contributed by atoms with Gasteiger partial charge in [-0.15, -0.1) is 0 Å². The van der Waals surface area contributed by atoms with Crippen molar-refractivity contribution in [3.63, 3.8) is 0 Å². The zero-order chi connectivity index (χ0) is 15.0. The highest BCUT2D eigenvalue weighted by Crippen LogP contribution is 2.20. The number of carboxylic acids is 1. The molecule has 1 aromatic carbocycles. The first kappa shape index (κ1) is 13.4. The normalized spacial score (nSPS) is 11.0. The second kappa shape index (κ2) is 5.05. The van der Waals surface area contributed by atoms with E-state index in [-0.39, 0.29) is 5.56 Å². The molecule has 3 aromatic rings. The number of hydrogen-bond donors (Lipinski definition) is 1. The number of aromatic nitrogens is 2. The molecule has 21 heavy (non-hydrogen) atoms. The zero-order valence-corrected chi connectivity index (χ0v) is 12.0. The SMILES string of the molecule is Cc1cccc(C)c1Cn1ccc2ncc(C(=O)O)cc21. The molecule has 0 aliphatic heterocycles. The van der Waals surface area contributed by atoms with Crippen molar-refractivity contribution >= 4 is 17.0 Å². The van der Waals surface area contributed by atoms with Crippen LogP contribution in [0, 0.1) is 13.8 Å². The number of fused-ring (bicyclic) bond motifs is 1. The van der Waals surface area contributed by atoms with Gasteiger partial charge in [0.2, 0.25) is 0 Å². The van der Waals surface area contributed by atoms with E-state index in [1.165, 1.54) is 22.9 Å². The number of nitrogens with zero attached hydrogens (tertiary/aromatic N) is 2. The predicted molar refractivity (Wildman–Crippen MR) is 81.7 cm³/mol. The van der Waals surface area contributed by atoms with Crippen LogP contribution in [0.1, 0.15) is 27.0 Å².